The molecule has 21 heavy (non-hydrogen) atoms. The molecule has 0 spiro atoms. The first-order valence-corrected chi connectivity index (χ1v) is 8.47. The summed E-state index contributed by atoms with van der Waals surface area (Å²) in [6.45, 7) is 0. The SMILES string of the molecule is O=S(=O)(/C=C/c1ccc(F)cc1F)Cc1ccc(Br)cc1. The van der Waals surface area contributed by atoms with Gasteiger partial charge in [-0.3, -0.25) is 0 Å². The van der Waals surface area contributed by atoms with Crippen LogP contribution in [0.3, 0.4) is 0 Å². The lowest BCUT2D eigenvalue weighted by Crippen LogP contribution is -2.00. The average Bonchev–Trinajstić information content (AvgIpc) is 2.40. The molecule has 0 aliphatic rings. The fourth-order valence-electron chi connectivity index (χ4n) is 1.67. The van der Waals surface area contributed by atoms with Crippen molar-refractivity contribution in [3.8, 4) is 0 Å². The Labute approximate surface area is 130 Å². The summed E-state index contributed by atoms with van der Waals surface area (Å²) in [6.07, 6.45) is 1.13. The van der Waals surface area contributed by atoms with Crippen LogP contribution in [0.25, 0.3) is 6.08 Å². The first-order valence-electron chi connectivity index (χ1n) is 5.96. The summed E-state index contributed by atoms with van der Waals surface area (Å²) < 4.78 is 50.9. The molecule has 0 amide bonds. The van der Waals surface area contributed by atoms with Gasteiger partial charge in [0.25, 0.3) is 0 Å². The molecule has 0 atom stereocenters. The smallest absolute Gasteiger partial charge is 0.175 e. The Morgan fingerprint density at radius 3 is 2.33 bits per heavy atom. The van der Waals surface area contributed by atoms with E-state index in [4.69, 9.17) is 0 Å². The average molecular weight is 373 g/mol. The second kappa shape index (κ2) is 6.49. The summed E-state index contributed by atoms with van der Waals surface area (Å²) >= 11 is 3.26. The van der Waals surface area contributed by atoms with Gasteiger partial charge >= 0.3 is 0 Å². The Kier molecular flexibility index (Phi) is 4.90. The van der Waals surface area contributed by atoms with Gasteiger partial charge < -0.3 is 0 Å². The van der Waals surface area contributed by atoms with Crippen molar-refractivity contribution in [3.05, 3.63) is 75.1 Å². The van der Waals surface area contributed by atoms with Crippen molar-refractivity contribution in [2.24, 2.45) is 0 Å². The molecule has 0 unspecified atom stereocenters. The third kappa shape index (κ3) is 4.75. The van der Waals surface area contributed by atoms with Gasteiger partial charge in [0.1, 0.15) is 11.6 Å². The highest BCUT2D eigenvalue weighted by Gasteiger charge is 2.09. The van der Waals surface area contributed by atoms with Crippen LogP contribution >= 0.6 is 15.9 Å². The summed E-state index contributed by atoms with van der Waals surface area (Å²) in [5.41, 5.74) is 0.651. The lowest BCUT2D eigenvalue weighted by molar-refractivity contribution is 0.581. The molecule has 0 aliphatic heterocycles. The maximum absolute atomic E-state index is 13.4. The van der Waals surface area contributed by atoms with Crippen LogP contribution in [-0.2, 0) is 15.6 Å². The van der Waals surface area contributed by atoms with Gasteiger partial charge in [0.15, 0.2) is 9.84 Å². The van der Waals surface area contributed by atoms with E-state index >= 15 is 0 Å². The molecular weight excluding hydrogens is 362 g/mol. The third-order valence-electron chi connectivity index (χ3n) is 2.70. The molecule has 2 rings (SSSR count). The molecule has 6 heteroatoms. The second-order valence-electron chi connectivity index (χ2n) is 4.40. The van der Waals surface area contributed by atoms with Crippen molar-refractivity contribution in [2.75, 3.05) is 0 Å². The molecule has 110 valence electrons. The van der Waals surface area contributed by atoms with Crippen LogP contribution in [-0.4, -0.2) is 8.42 Å². The highest BCUT2D eigenvalue weighted by atomic mass is 79.9. The first-order chi connectivity index (χ1) is 9.85. The zero-order valence-electron chi connectivity index (χ0n) is 10.8. The zero-order chi connectivity index (χ0) is 15.5. The minimum absolute atomic E-state index is 0.0239. The van der Waals surface area contributed by atoms with E-state index in [1.807, 2.05) is 0 Å². The summed E-state index contributed by atoms with van der Waals surface area (Å²) in [7, 11) is -3.53. The Bertz CT molecular complexity index is 769. The van der Waals surface area contributed by atoms with E-state index in [9.17, 15) is 17.2 Å². The molecule has 0 heterocycles. The van der Waals surface area contributed by atoms with Crippen molar-refractivity contribution >= 4 is 31.8 Å². The Balaban J connectivity index is 2.16. The van der Waals surface area contributed by atoms with Gasteiger partial charge in [0, 0.05) is 21.5 Å². The van der Waals surface area contributed by atoms with E-state index in [1.54, 1.807) is 24.3 Å². The maximum Gasteiger partial charge on any atom is 0.175 e. The Hall–Kier alpha value is -1.53. The minimum Gasteiger partial charge on any atom is -0.224 e. The normalized spacial score (nSPS) is 12.0. The van der Waals surface area contributed by atoms with E-state index in [1.165, 1.54) is 6.07 Å². The quantitative estimate of drug-likeness (QED) is 0.800. The summed E-state index contributed by atoms with van der Waals surface area (Å²) in [4.78, 5) is 0. The van der Waals surface area contributed by atoms with Gasteiger partial charge in [0.05, 0.1) is 5.75 Å². The molecular formula is C15H11BrF2O2S. The van der Waals surface area contributed by atoms with Crippen molar-refractivity contribution in [1.29, 1.82) is 0 Å². The van der Waals surface area contributed by atoms with E-state index in [2.05, 4.69) is 15.9 Å². The molecule has 0 aromatic heterocycles. The molecule has 0 aliphatic carbocycles. The predicted molar refractivity (Wildman–Crippen MR) is 82.2 cm³/mol. The molecule has 2 aromatic rings. The van der Waals surface area contributed by atoms with Crippen LogP contribution in [0.1, 0.15) is 11.1 Å². The number of rotatable bonds is 4. The Morgan fingerprint density at radius 1 is 1.05 bits per heavy atom. The Morgan fingerprint density at radius 2 is 1.71 bits per heavy atom. The van der Waals surface area contributed by atoms with Gasteiger partial charge in [-0.25, -0.2) is 17.2 Å². The molecule has 2 aromatic carbocycles. The zero-order valence-corrected chi connectivity index (χ0v) is 13.2. The van der Waals surface area contributed by atoms with Gasteiger partial charge in [-0.05, 0) is 35.9 Å². The fraction of sp³-hybridized carbons (Fsp3) is 0.0667. The summed E-state index contributed by atoms with van der Waals surface area (Å²) in [5, 5.41) is 0.936. The van der Waals surface area contributed by atoms with E-state index in [-0.39, 0.29) is 11.3 Å². The van der Waals surface area contributed by atoms with Crippen LogP contribution in [0.4, 0.5) is 8.78 Å². The van der Waals surface area contributed by atoms with Crippen molar-refractivity contribution in [1.82, 2.24) is 0 Å². The summed E-state index contributed by atoms with van der Waals surface area (Å²) in [5.74, 6) is -1.69. The third-order valence-corrected chi connectivity index (χ3v) is 4.51. The van der Waals surface area contributed by atoms with Crippen LogP contribution in [0, 0.1) is 11.6 Å². The van der Waals surface area contributed by atoms with Crippen molar-refractivity contribution < 1.29 is 17.2 Å². The number of sulfone groups is 1. The molecule has 0 fully saturated rings. The van der Waals surface area contributed by atoms with Crippen LogP contribution in [0.2, 0.25) is 0 Å². The fourth-order valence-corrected chi connectivity index (χ4v) is 3.05. The van der Waals surface area contributed by atoms with E-state index in [0.29, 0.717) is 11.6 Å². The maximum atomic E-state index is 13.4. The number of hydrogen-bond acceptors (Lipinski definition) is 2. The van der Waals surface area contributed by atoms with Gasteiger partial charge in [-0.1, -0.05) is 28.1 Å². The van der Waals surface area contributed by atoms with Crippen LogP contribution < -0.4 is 0 Å². The van der Waals surface area contributed by atoms with Crippen LogP contribution in [0.15, 0.2) is 52.3 Å². The summed E-state index contributed by atoms with van der Waals surface area (Å²) in [6, 6.07) is 9.84. The van der Waals surface area contributed by atoms with Gasteiger partial charge in [0.2, 0.25) is 0 Å². The number of hydrogen-bond donors (Lipinski definition) is 0. The van der Waals surface area contributed by atoms with Gasteiger partial charge in [-0.2, -0.15) is 0 Å². The minimum atomic E-state index is -3.53. The standard InChI is InChI=1S/C15H11BrF2O2S/c16-13-4-1-11(2-5-13)10-21(19,20)8-7-12-3-6-14(17)9-15(12)18/h1-9H,10H2/b8-7+. The van der Waals surface area contributed by atoms with Crippen LogP contribution in [0.5, 0.6) is 0 Å². The topological polar surface area (TPSA) is 34.1 Å². The largest absolute Gasteiger partial charge is 0.224 e. The lowest BCUT2D eigenvalue weighted by Gasteiger charge is -2.01. The first kappa shape index (κ1) is 15.9. The number of halogens is 3. The van der Waals surface area contributed by atoms with Crippen molar-refractivity contribution in [2.45, 2.75) is 5.75 Å². The van der Waals surface area contributed by atoms with E-state index in [0.717, 1.165) is 22.0 Å². The monoisotopic (exact) mass is 372 g/mol. The van der Waals surface area contributed by atoms with E-state index < -0.39 is 21.5 Å². The molecule has 0 saturated carbocycles. The molecule has 0 N–H and O–H groups in total. The highest BCUT2D eigenvalue weighted by Crippen LogP contribution is 2.16. The second-order valence-corrected chi connectivity index (χ2v) is 7.20. The number of benzene rings is 2. The predicted octanol–water partition coefficient (Wildman–Crippen LogP) is 4.31. The molecule has 2 nitrogen and oxygen atoms in total. The molecule has 0 saturated heterocycles. The lowest BCUT2D eigenvalue weighted by atomic mass is 10.2. The highest BCUT2D eigenvalue weighted by molar-refractivity contribution is 9.10. The van der Waals surface area contributed by atoms with Gasteiger partial charge in [-0.15, -0.1) is 0 Å². The molecule has 0 radical (unpaired) electrons. The molecule has 0 bridgehead atoms. The van der Waals surface area contributed by atoms with Crippen molar-refractivity contribution in [3.63, 3.8) is 0 Å².